The second kappa shape index (κ2) is 2.44. The van der Waals surface area contributed by atoms with Crippen LogP contribution in [0.15, 0.2) is 12.1 Å². The number of hydrogen-bond acceptors (Lipinski definition) is 2. The Morgan fingerprint density at radius 1 is 1.11 bits per heavy atom. The molecule has 0 saturated carbocycles. The van der Waals surface area contributed by atoms with Gasteiger partial charge in [-0.3, -0.25) is 4.98 Å². The summed E-state index contributed by atoms with van der Waals surface area (Å²) in [5.41, 5.74) is 0. The van der Waals surface area contributed by atoms with Crippen LogP contribution in [0.5, 0.6) is 11.8 Å². The molecule has 3 heteroatoms. The fourth-order valence-electron chi connectivity index (χ4n) is 0.594. The van der Waals surface area contributed by atoms with E-state index in [0.717, 1.165) is 0 Å². The summed E-state index contributed by atoms with van der Waals surface area (Å²) in [6, 6.07) is 3.61. The van der Waals surface area contributed by atoms with Gasteiger partial charge in [0.1, 0.15) is 0 Å². The van der Waals surface area contributed by atoms with E-state index in [9.17, 15) is 0 Å². The minimum atomic E-state index is 0.715. The van der Waals surface area contributed by atoms with E-state index in [2.05, 4.69) is 4.98 Å². The molecule has 1 aromatic heterocycles. The first kappa shape index (κ1) is 6.01. The molecule has 0 unspecified atom stereocenters. The fraction of sp³-hybridized carbons (Fsp3) is 0.333. The van der Waals surface area contributed by atoms with Gasteiger partial charge >= 0.3 is 0 Å². The van der Waals surface area contributed by atoms with E-state index in [0.29, 0.717) is 11.8 Å². The van der Waals surface area contributed by atoms with E-state index in [1.807, 2.05) is 0 Å². The van der Waals surface area contributed by atoms with Gasteiger partial charge in [-0.2, -0.15) is 0 Å². The minimum absolute atomic E-state index is 0.715. The Labute approximate surface area is 53.6 Å². The van der Waals surface area contributed by atoms with Crippen LogP contribution in [0.25, 0.3) is 0 Å². The lowest BCUT2D eigenvalue weighted by molar-refractivity contribution is 0.374. The van der Waals surface area contributed by atoms with Crippen molar-refractivity contribution in [2.45, 2.75) is 0 Å². The largest absolute Gasteiger partial charge is 0.482 e. The van der Waals surface area contributed by atoms with Crippen molar-refractivity contribution in [1.82, 2.24) is 4.98 Å². The van der Waals surface area contributed by atoms with Crippen molar-refractivity contribution in [3.63, 3.8) is 0 Å². The first-order valence-corrected chi connectivity index (χ1v) is 2.64. The predicted octanol–water partition coefficient (Wildman–Crippen LogP) is 1.03. The van der Waals surface area contributed by atoms with Crippen molar-refractivity contribution in [2.75, 3.05) is 14.2 Å². The molecule has 0 spiro atoms. The molecule has 0 aliphatic carbocycles. The zero-order valence-corrected chi connectivity index (χ0v) is 5.47. The quantitative estimate of drug-likeness (QED) is 0.643. The molecule has 0 atom stereocenters. The molecule has 0 radical (unpaired) electrons. The number of hydrogen-bond donors (Lipinski definition) is 1. The first-order chi connectivity index (χ1) is 4.36. The molecule has 0 bridgehead atoms. The van der Waals surface area contributed by atoms with Crippen LogP contribution in [0.4, 0.5) is 0 Å². The number of nitrogens with one attached hydrogen (secondary N) is 1. The van der Waals surface area contributed by atoms with E-state index < -0.39 is 0 Å². The van der Waals surface area contributed by atoms with Crippen LogP contribution in [-0.2, 0) is 0 Å². The van der Waals surface area contributed by atoms with E-state index in [1.165, 1.54) is 0 Å². The van der Waals surface area contributed by atoms with E-state index in [4.69, 9.17) is 9.47 Å². The summed E-state index contributed by atoms with van der Waals surface area (Å²) in [5.74, 6) is 1.43. The molecule has 1 rings (SSSR count). The number of aromatic nitrogens is 1. The smallest absolute Gasteiger partial charge is 0.193 e. The maximum absolute atomic E-state index is 4.86. The highest BCUT2D eigenvalue weighted by Crippen LogP contribution is 2.14. The number of methoxy groups -OCH3 is 2. The van der Waals surface area contributed by atoms with Crippen molar-refractivity contribution >= 4 is 0 Å². The highest BCUT2D eigenvalue weighted by molar-refractivity contribution is 5.21. The SMILES string of the molecule is COc1ccc(OC)[nH]1. The van der Waals surface area contributed by atoms with Gasteiger partial charge in [0.25, 0.3) is 0 Å². The predicted molar refractivity (Wildman–Crippen MR) is 33.9 cm³/mol. The Morgan fingerprint density at radius 3 is 1.78 bits per heavy atom. The van der Waals surface area contributed by atoms with Gasteiger partial charge in [0, 0.05) is 12.1 Å². The molecule has 0 amide bonds. The number of ether oxygens (including phenoxy) is 2. The van der Waals surface area contributed by atoms with Gasteiger partial charge in [-0.25, -0.2) is 0 Å². The van der Waals surface area contributed by atoms with Crippen LogP contribution in [0.1, 0.15) is 0 Å². The van der Waals surface area contributed by atoms with Crippen molar-refractivity contribution in [3.8, 4) is 11.8 Å². The van der Waals surface area contributed by atoms with E-state index in [-0.39, 0.29) is 0 Å². The average Bonchev–Trinajstić information content (AvgIpc) is 2.34. The Kier molecular flexibility index (Phi) is 1.63. The lowest BCUT2D eigenvalue weighted by Crippen LogP contribution is -1.83. The maximum atomic E-state index is 4.86. The molecule has 0 saturated heterocycles. The van der Waals surface area contributed by atoms with E-state index in [1.54, 1.807) is 26.4 Å². The molecular formula is C6H9NO2. The highest BCUT2D eigenvalue weighted by atomic mass is 16.5. The molecule has 0 aliphatic heterocycles. The van der Waals surface area contributed by atoms with Crippen molar-refractivity contribution in [3.05, 3.63) is 12.1 Å². The fourth-order valence-corrected chi connectivity index (χ4v) is 0.594. The van der Waals surface area contributed by atoms with Gasteiger partial charge in [-0.15, -0.1) is 0 Å². The Morgan fingerprint density at radius 2 is 1.56 bits per heavy atom. The van der Waals surface area contributed by atoms with Crippen LogP contribution in [0, 0.1) is 0 Å². The standard InChI is InChI=1S/C6H9NO2/c1-8-5-3-4-6(7-5)9-2/h3-4,7H,1-2H3. The maximum Gasteiger partial charge on any atom is 0.193 e. The number of rotatable bonds is 2. The van der Waals surface area contributed by atoms with Gasteiger partial charge < -0.3 is 9.47 Å². The lowest BCUT2D eigenvalue weighted by Gasteiger charge is -1.93. The zero-order chi connectivity index (χ0) is 6.69. The third-order valence-electron chi connectivity index (χ3n) is 1.07. The topological polar surface area (TPSA) is 34.2 Å². The highest BCUT2D eigenvalue weighted by Gasteiger charge is 1.93. The van der Waals surface area contributed by atoms with E-state index >= 15 is 0 Å². The van der Waals surface area contributed by atoms with Crippen molar-refractivity contribution < 1.29 is 9.47 Å². The average molecular weight is 127 g/mol. The molecular weight excluding hydrogens is 118 g/mol. The molecule has 1 heterocycles. The van der Waals surface area contributed by atoms with Gasteiger partial charge in [0.05, 0.1) is 14.2 Å². The second-order valence-corrected chi connectivity index (χ2v) is 1.60. The summed E-state index contributed by atoms with van der Waals surface area (Å²) in [4.78, 5) is 2.87. The summed E-state index contributed by atoms with van der Waals surface area (Å²) in [5, 5.41) is 0. The Bertz CT molecular complexity index is 164. The van der Waals surface area contributed by atoms with Crippen LogP contribution in [0.3, 0.4) is 0 Å². The van der Waals surface area contributed by atoms with Gasteiger partial charge in [-0.1, -0.05) is 0 Å². The molecule has 0 fully saturated rings. The summed E-state index contributed by atoms with van der Waals surface area (Å²) in [6.45, 7) is 0. The Balaban J connectivity index is 2.74. The zero-order valence-electron chi connectivity index (χ0n) is 5.47. The molecule has 50 valence electrons. The van der Waals surface area contributed by atoms with Crippen molar-refractivity contribution in [2.24, 2.45) is 0 Å². The molecule has 0 aliphatic rings. The second-order valence-electron chi connectivity index (χ2n) is 1.60. The van der Waals surface area contributed by atoms with Crippen LogP contribution in [0.2, 0.25) is 0 Å². The minimum Gasteiger partial charge on any atom is -0.482 e. The van der Waals surface area contributed by atoms with Crippen LogP contribution in [-0.4, -0.2) is 19.2 Å². The summed E-state index contributed by atoms with van der Waals surface area (Å²) in [6.07, 6.45) is 0. The molecule has 9 heavy (non-hydrogen) atoms. The third-order valence-corrected chi connectivity index (χ3v) is 1.07. The number of H-pyrrole nitrogens is 1. The summed E-state index contributed by atoms with van der Waals surface area (Å²) < 4.78 is 9.72. The summed E-state index contributed by atoms with van der Waals surface area (Å²) in [7, 11) is 3.20. The monoisotopic (exact) mass is 127 g/mol. The van der Waals surface area contributed by atoms with Gasteiger partial charge in [-0.05, 0) is 0 Å². The molecule has 3 nitrogen and oxygen atoms in total. The molecule has 1 N–H and O–H groups in total. The van der Waals surface area contributed by atoms with Gasteiger partial charge in [0.2, 0.25) is 0 Å². The van der Waals surface area contributed by atoms with Gasteiger partial charge in [0.15, 0.2) is 11.8 Å². The van der Waals surface area contributed by atoms with Crippen LogP contribution >= 0.6 is 0 Å². The molecule has 0 aromatic carbocycles. The first-order valence-electron chi connectivity index (χ1n) is 2.64. The summed E-state index contributed by atoms with van der Waals surface area (Å²) >= 11 is 0. The molecule has 1 aromatic rings. The Hall–Kier alpha value is -1.12. The number of aromatic amines is 1. The lowest BCUT2D eigenvalue weighted by atomic mass is 10.6. The normalized spacial score (nSPS) is 9.11. The van der Waals surface area contributed by atoms with Crippen LogP contribution < -0.4 is 9.47 Å². The third kappa shape index (κ3) is 1.16. The van der Waals surface area contributed by atoms with Crippen molar-refractivity contribution in [1.29, 1.82) is 0 Å².